The predicted molar refractivity (Wildman–Crippen MR) is 104 cm³/mol. The summed E-state index contributed by atoms with van der Waals surface area (Å²) in [5.74, 6) is -1.47. The topological polar surface area (TPSA) is 105 Å². The van der Waals surface area contributed by atoms with E-state index in [9.17, 15) is 14.4 Å². The smallest absolute Gasteiger partial charge is 0.303 e. The third-order valence-corrected chi connectivity index (χ3v) is 4.43. The molecule has 0 fully saturated rings. The lowest BCUT2D eigenvalue weighted by molar-refractivity contribution is -0.138. The highest BCUT2D eigenvalue weighted by Gasteiger charge is 2.22. The van der Waals surface area contributed by atoms with Crippen LogP contribution in [0.5, 0.6) is 0 Å². The summed E-state index contributed by atoms with van der Waals surface area (Å²) < 4.78 is 1.53. The van der Waals surface area contributed by atoms with E-state index in [1.807, 2.05) is 30.3 Å². The Balaban J connectivity index is 1.93. The van der Waals surface area contributed by atoms with Crippen LogP contribution in [0.4, 0.5) is 0 Å². The SMILES string of the molecule is CC(C(=O)N(C)CC(=O)NC(CCC(=O)O)Cc1ccccc1)n1cccn1. The Morgan fingerprint density at radius 3 is 2.54 bits per heavy atom. The predicted octanol–water partition coefficient (Wildman–Crippen LogP) is 1.49. The lowest BCUT2D eigenvalue weighted by atomic mass is 10.0. The number of carbonyl (C=O) groups is 3. The van der Waals surface area contributed by atoms with Gasteiger partial charge in [0.2, 0.25) is 11.8 Å². The summed E-state index contributed by atoms with van der Waals surface area (Å²) in [4.78, 5) is 37.2. The number of carboxylic acids is 1. The first-order valence-corrected chi connectivity index (χ1v) is 9.16. The zero-order valence-corrected chi connectivity index (χ0v) is 16.1. The Morgan fingerprint density at radius 2 is 1.93 bits per heavy atom. The summed E-state index contributed by atoms with van der Waals surface area (Å²) in [6, 6.07) is 10.5. The molecule has 0 aliphatic heterocycles. The van der Waals surface area contributed by atoms with Crippen molar-refractivity contribution in [3.05, 3.63) is 54.4 Å². The van der Waals surface area contributed by atoms with Gasteiger partial charge >= 0.3 is 5.97 Å². The van der Waals surface area contributed by atoms with E-state index < -0.39 is 12.0 Å². The molecule has 0 spiro atoms. The molecule has 1 heterocycles. The van der Waals surface area contributed by atoms with Gasteiger partial charge in [0, 0.05) is 31.9 Å². The quantitative estimate of drug-likeness (QED) is 0.644. The van der Waals surface area contributed by atoms with Crippen LogP contribution < -0.4 is 5.32 Å². The minimum Gasteiger partial charge on any atom is -0.481 e. The van der Waals surface area contributed by atoms with Crippen molar-refractivity contribution in [2.75, 3.05) is 13.6 Å². The fourth-order valence-electron chi connectivity index (χ4n) is 2.93. The second kappa shape index (κ2) is 10.2. The molecule has 2 rings (SSSR count). The van der Waals surface area contributed by atoms with Gasteiger partial charge in [-0.3, -0.25) is 19.1 Å². The number of carbonyl (C=O) groups excluding carboxylic acids is 2. The molecule has 2 aromatic rings. The van der Waals surface area contributed by atoms with Crippen molar-refractivity contribution in [1.82, 2.24) is 20.0 Å². The summed E-state index contributed by atoms with van der Waals surface area (Å²) in [6.45, 7) is 1.61. The Bertz CT molecular complexity index is 777. The summed E-state index contributed by atoms with van der Waals surface area (Å²) >= 11 is 0. The molecule has 1 aromatic heterocycles. The van der Waals surface area contributed by atoms with Crippen LogP contribution in [0.25, 0.3) is 0 Å². The number of benzene rings is 1. The van der Waals surface area contributed by atoms with Gasteiger partial charge in [0.05, 0.1) is 6.54 Å². The van der Waals surface area contributed by atoms with Crippen LogP contribution in [0.15, 0.2) is 48.8 Å². The molecule has 2 N–H and O–H groups in total. The molecule has 1 aromatic carbocycles. The summed E-state index contributed by atoms with van der Waals surface area (Å²) in [7, 11) is 1.56. The molecule has 0 bridgehead atoms. The van der Waals surface area contributed by atoms with Gasteiger partial charge in [-0.05, 0) is 31.4 Å². The number of rotatable bonds is 10. The van der Waals surface area contributed by atoms with Crippen molar-refractivity contribution >= 4 is 17.8 Å². The fraction of sp³-hybridized carbons (Fsp3) is 0.400. The zero-order chi connectivity index (χ0) is 20.5. The van der Waals surface area contributed by atoms with Gasteiger partial charge in [-0.15, -0.1) is 0 Å². The molecule has 2 unspecified atom stereocenters. The Labute approximate surface area is 164 Å². The highest BCUT2D eigenvalue weighted by Crippen LogP contribution is 2.09. The van der Waals surface area contributed by atoms with E-state index in [0.29, 0.717) is 12.8 Å². The van der Waals surface area contributed by atoms with Crippen molar-refractivity contribution < 1.29 is 19.5 Å². The van der Waals surface area contributed by atoms with E-state index >= 15 is 0 Å². The number of likely N-dealkylation sites (N-methyl/N-ethyl adjacent to an activating group) is 1. The zero-order valence-electron chi connectivity index (χ0n) is 16.1. The van der Waals surface area contributed by atoms with Crippen LogP contribution in [-0.2, 0) is 20.8 Å². The molecule has 2 amide bonds. The van der Waals surface area contributed by atoms with Gasteiger partial charge in [-0.2, -0.15) is 5.10 Å². The second-order valence-corrected chi connectivity index (χ2v) is 6.74. The van der Waals surface area contributed by atoms with Crippen LogP contribution in [0, 0.1) is 0 Å². The van der Waals surface area contributed by atoms with Gasteiger partial charge in [-0.1, -0.05) is 30.3 Å². The van der Waals surface area contributed by atoms with Crippen LogP contribution >= 0.6 is 0 Å². The van der Waals surface area contributed by atoms with E-state index in [-0.39, 0.29) is 30.8 Å². The first-order chi connectivity index (χ1) is 13.4. The van der Waals surface area contributed by atoms with E-state index in [1.165, 1.54) is 9.58 Å². The largest absolute Gasteiger partial charge is 0.481 e. The number of amides is 2. The fourth-order valence-corrected chi connectivity index (χ4v) is 2.93. The molecule has 0 aliphatic carbocycles. The molecule has 8 heteroatoms. The van der Waals surface area contributed by atoms with Gasteiger partial charge in [0.25, 0.3) is 0 Å². The van der Waals surface area contributed by atoms with Crippen LogP contribution in [-0.4, -0.2) is 57.2 Å². The lowest BCUT2D eigenvalue weighted by Crippen LogP contribution is -2.45. The maximum Gasteiger partial charge on any atom is 0.303 e. The molecular formula is C20H26N4O4. The van der Waals surface area contributed by atoms with Gasteiger partial charge < -0.3 is 15.3 Å². The number of aromatic nitrogens is 2. The minimum absolute atomic E-state index is 0.0388. The summed E-state index contributed by atoms with van der Waals surface area (Å²) in [6.07, 6.45) is 4.09. The molecule has 2 atom stereocenters. The number of hydrogen-bond acceptors (Lipinski definition) is 4. The third-order valence-electron chi connectivity index (χ3n) is 4.43. The highest BCUT2D eigenvalue weighted by molar-refractivity contribution is 5.86. The molecule has 0 saturated heterocycles. The van der Waals surface area contributed by atoms with Crippen molar-refractivity contribution in [2.24, 2.45) is 0 Å². The maximum atomic E-state index is 12.5. The van der Waals surface area contributed by atoms with E-state index in [2.05, 4.69) is 10.4 Å². The van der Waals surface area contributed by atoms with Gasteiger partial charge in [-0.25, -0.2) is 0 Å². The standard InChI is InChI=1S/C20H26N4O4/c1-15(24-12-6-11-21-24)20(28)23(2)14-18(25)22-17(9-10-19(26)27)13-16-7-4-3-5-8-16/h3-8,11-12,15,17H,9-10,13-14H2,1-2H3,(H,22,25)(H,26,27). The normalized spacial score (nSPS) is 12.8. The molecule has 0 aliphatic rings. The van der Waals surface area contributed by atoms with Crippen molar-refractivity contribution in [1.29, 1.82) is 0 Å². The van der Waals surface area contributed by atoms with E-state index in [0.717, 1.165) is 5.56 Å². The Hall–Kier alpha value is -3.16. The van der Waals surface area contributed by atoms with Gasteiger partial charge in [0.15, 0.2) is 0 Å². The van der Waals surface area contributed by atoms with E-state index in [4.69, 9.17) is 5.11 Å². The van der Waals surface area contributed by atoms with Crippen LogP contribution in [0.2, 0.25) is 0 Å². The lowest BCUT2D eigenvalue weighted by Gasteiger charge is -2.23. The number of nitrogens with zero attached hydrogens (tertiary/aromatic N) is 3. The van der Waals surface area contributed by atoms with Crippen molar-refractivity contribution in [2.45, 2.75) is 38.3 Å². The molecular weight excluding hydrogens is 360 g/mol. The Kier molecular flexibility index (Phi) is 7.74. The first kappa shape index (κ1) is 21.1. The van der Waals surface area contributed by atoms with Gasteiger partial charge in [0.1, 0.15) is 6.04 Å². The number of carboxylic acid groups (broad SMARTS) is 1. The number of hydrogen-bond donors (Lipinski definition) is 2. The van der Waals surface area contributed by atoms with Crippen molar-refractivity contribution in [3.63, 3.8) is 0 Å². The van der Waals surface area contributed by atoms with Crippen LogP contribution in [0.3, 0.4) is 0 Å². The monoisotopic (exact) mass is 386 g/mol. The van der Waals surface area contributed by atoms with E-state index in [1.54, 1.807) is 32.4 Å². The second-order valence-electron chi connectivity index (χ2n) is 6.74. The highest BCUT2D eigenvalue weighted by atomic mass is 16.4. The molecule has 0 radical (unpaired) electrons. The third kappa shape index (κ3) is 6.53. The van der Waals surface area contributed by atoms with Crippen molar-refractivity contribution in [3.8, 4) is 0 Å². The molecule has 28 heavy (non-hydrogen) atoms. The average molecular weight is 386 g/mol. The molecule has 0 saturated carbocycles. The summed E-state index contributed by atoms with van der Waals surface area (Å²) in [5, 5.41) is 15.9. The summed E-state index contributed by atoms with van der Waals surface area (Å²) in [5.41, 5.74) is 1.01. The van der Waals surface area contributed by atoms with Crippen LogP contribution in [0.1, 0.15) is 31.4 Å². The first-order valence-electron chi connectivity index (χ1n) is 9.16. The maximum absolute atomic E-state index is 12.5. The molecule has 8 nitrogen and oxygen atoms in total. The molecule has 150 valence electrons. The number of aliphatic carboxylic acids is 1. The minimum atomic E-state index is -0.910. The number of nitrogens with one attached hydrogen (secondary N) is 1. The average Bonchev–Trinajstić information content (AvgIpc) is 3.20. The Morgan fingerprint density at radius 1 is 1.21 bits per heavy atom.